The van der Waals surface area contributed by atoms with E-state index < -0.39 is 37.2 Å². The van der Waals surface area contributed by atoms with Gasteiger partial charge in [0.2, 0.25) is 5.95 Å². The minimum atomic E-state index is -4.63. The Morgan fingerprint density at radius 2 is 1.85 bits per heavy atom. The van der Waals surface area contributed by atoms with Crippen molar-refractivity contribution in [2.45, 2.75) is 35.9 Å². The quantitative estimate of drug-likeness (QED) is 0.743. The molecule has 0 radical (unpaired) electrons. The molecule has 0 aliphatic carbocycles. The van der Waals surface area contributed by atoms with Crippen LogP contribution >= 0.6 is 11.6 Å². The zero-order chi connectivity index (χ0) is 18.7. The largest absolute Gasteiger partial charge is 0.420 e. The van der Waals surface area contributed by atoms with E-state index in [9.17, 15) is 21.6 Å². The first-order valence-corrected chi connectivity index (χ1v) is 9.90. The van der Waals surface area contributed by atoms with Gasteiger partial charge >= 0.3 is 6.18 Å². The minimum Gasteiger partial charge on any atom is -0.324 e. The number of anilines is 2. The molecule has 2 bridgehead atoms. The van der Waals surface area contributed by atoms with Crippen molar-refractivity contribution >= 4 is 33.1 Å². The second kappa shape index (κ2) is 5.82. The summed E-state index contributed by atoms with van der Waals surface area (Å²) < 4.78 is 63.2. The van der Waals surface area contributed by atoms with Crippen LogP contribution < -0.4 is 5.32 Å². The maximum Gasteiger partial charge on any atom is 0.420 e. The molecule has 2 aromatic rings. The average molecular weight is 404 g/mol. The van der Waals surface area contributed by atoms with E-state index in [0.717, 1.165) is 17.5 Å². The molecule has 138 valence electrons. The van der Waals surface area contributed by atoms with E-state index >= 15 is 0 Å². The second-order valence-corrected chi connectivity index (χ2v) is 9.04. The summed E-state index contributed by atoms with van der Waals surface area (Å²) >= 11 is 5.59. The summed E-state index contributed by atoms with van der Waals surface area (Å²) in [5, 5.41) is 1.12. The van der Waals surface area contributed by atoms with E-state index in [1.165, 1.54) is 0 Å². The van der Waals surface area contributed by atoms with Crippen LogP contribution in [0.15, 0.2) is 24.4 Å². The number of rotatable bonds is 2. The van der Waals surface area contributed by atoms with Crippen LogP contribution in [-0.2, 0) is 16.0 Å². The van der Waals surface area contributed by atoms with E-state index in [0.29, 0.717) is 24.7 Å². The van der Waals surface area contributed by atoms with Crippen molar-refractivity contribution < 1.29 is 21.6 Å². The molecule has 0 spiro atoms. The number of sulfone groups is 1. The molecule has 1 aromatic heterocycles. The lowest BCUT2D eigenvalue weighted by Crippen LogP contribution is -2.16. The van der Waals surface area contributed by atoms with E-state index in [2.05, 4.69) is 15.3 Å². The van der Waals surface area contributed by atoms with Gasteiger partial charge in [-0.15, -0.1) is 0 Å². The fourth-order valence-electron chi connectivity index (χ4n) is 3.65. The number of aromatic nitrogens is 2. The number of nitrogens with zero attached hydrogens (tertiary/aromatic N) is 2. The van der Waals surface area contributed by atoms with Crippen LogP contribution in [-0.4, -0.2) is 18.4 Å². The SMILES string of the molecule is O=S1(=O)C2CCCC1c1cc(Nc3ncc(C(F)(F)F)c(Cl)n3)ccc12. The van der Waals surface area contributed by atoms with Crippen molar-refractivity contribution in [3.8, 4) is 0 Å². The van der Waals surface area contributed by atoms with Crippen molar-refractivity contribution in [3.63, 3.8) is 0 Å². The summed E-state index contributed by atoms with van der Waals surface area (Å²) in [7, 11) is -3.21. The van der Waals surface area contributed by atoms with Gasteiger partial charge in [0.05, 0.1) is 10.5 Å². The summed E-state index contributed by atoms with van der Waals surface area (Å²) in [6.45, 7) is 0. The van der Waals surface area contributed by atoms with Crippen LogP contribution in [0.4, 0.5) is 24.8 Å². The Balaban J connectivity index is 1.65. The third kappa shape index (κ3) is 2.73. The molecule has 4 rings (SSSR count). The summed E-state index contributed by atoms with van der Waals surface area (Å²) in [6.07, 6.45) is -1.96. The van der Waals surface area contributed by atoms with Gasteiger partial charge in [-0.2, -0.15) is 13.2 Å². The van der Waals surface area contributed by atoms with E-state index in [-0.39, 0.29) is 5.95 Å². The molecular formula is C16H13ClF3N3O2S. The number of nitrogens with one attached hydrogen (secondary N) is 1. The van der Waals surface area contributed by atoms with E-state index in [4.69, 9.17) is 11.6 Å². The van der Waals surface area contributed by atoms with E-state index in [1.54, 1.807) is 18.2 Å². The van der Waals surface area contributed by atoms with Crippen molar-refractivity contribution in [1.82, 2.24) is 9.97 Å². The fourth-order valence-corrected chi connectivity index (χ4v) is 6.40. The molecule has 2 aliphatic rings. The number of hydrogen-bond donors (Lipinski definition) is 1. The Labute approximate surface area is 152 Å². The number of fused-ring (bicyclic) bond motifs is 5. The molecule has 2 atom stereocenters. The lowest BCUT2D eigenvalue weighted by atomic mass is 10.0. The Morgan fingerprint density at radius 1 is 1.15 bits per heavy atom. The van der Waals surface area contributed by atoms with Crippen molar-refractivity contribution in [3.05, 3.63) is 46.2 Å². The van der Waals surface area contributed by atoms with Crippen LogP contribution in [0.1, 0.15) is 46.5 Å². The first kappa shape index (κ1) is 17.5. The fraction of sp³-hybridized carbons (Fsp3) is 0.375. The zero-order valence-electron chi connectivity index (χ0n) is 13.2. The summed E-state index contributed by atoms with van der Waals surface area (Å²) in [4.78, 5) is 7.27. The molecule has 0 amide bonds. The van der Waals surface area contributed by atoms with Crippen LogP contribution in [0.25, 0.3) is 0 Å². The Bertz CT molecular complexity index is 995. The molecule has 10 heteroatoms. The highest BCUT2D eigenvalue weighted by Crippen LogP contribution is 2.53. The summed E-state index contributed by atoms with van der Waals surface area (Å²) in [5.41, 5.74) is 0.945. The van der Waals surface area contributed by atoms with Gasteiger partial charge in [-0.1, -0.05) is 24.1 Å². The van der Waals surface area contributed by atoms with Gasteiger partial charge < -0.3 is 5.32 Å². The molecule has 1 fully saturated rings. The molecule has 1 N–H and O–H groups in total. The van der Waals surface area contributed by atoms with Gasteiger partial charge in [0.1, 0.15) is 10.7 Å². The van der Waals surface area contributed by atoms with E-state index in [1.807, 2.05) is 0 Å². The van der Waals surface area contributed by atoms with Gasteiger partial charge in [-0.05, 0) is 36.1 Å². The number of halogens is 4. The monoisotopic (exact) mass is 403 g/mol. The zero-order valence-corrected chi connectivity index (χ0v) is 14.8. The Hall–Kier alpha value is -1.87. The van der Waals surface area contributed by atoms with Gasteiger partial charge in [0.25, 0.3) is 0 Å². The van der Waals surface area contributed by atoms with Gasteiger partial charge in [0, 0.05) is 11.9 Å². The van der Waals surface area contributed by atoms with Crippen molar-refractivity contribution in [1.29, 1.82) is 0 Å². The maximum absolute atomic E-state index is 12.7. The Kier molecular flexibility index (Phi) is 3.92. The third-order valence-corrected chi connectivity index (χ3v) is 7.66. The highest BCUT2D eigenvalue weighted by atomic mass is 35.5. The van der Waals surface area contributed by atoms with Gasteiger partial charge in [-0.25, -0.2) is 18.4 Å². The third-order valence-electron chi connectivity index (χ3n) is 4.81. The van der Waals surface area contributed by atoms with Crippen LogP contribution in [0.2, 0.25) is 5.15 Å². The molecule has 5 nitrogen and oxygen atoms in total. The predicted molar refractivity (Wildman–Crippen MR) is 90.0 cm³/mol. The van der Waals surface area contributed by atoms with Crippen LogP contribution in [0.3, 0.4) is 0 Å². The molecule has 2 unspecified atom stereocenters. The topological polar surface area (TPSA) is 72.0 Å². The van der Waals surface area contributed by atoms with Crippen LogP contribution in [0.5, 0.6) is 0 Å². The summed E-state index contributed by atoms with van der Waals surface area (Å²) in [6, 6.07) is 5.12. The van der Waals surface area contributed by atoms with Crippen molar-refractivity contribution in [2.24, 2.45) is 0 Å². The predicted octanol–water partition coefficient (Wildman–Crippen LogP) is 4.59. The Morgan fingerprint density at radius 3 is 2.50 bits per heavy atom. The van der Waals surface area contributed by atoms with Crippen molar-refractivity contribution in [2.75, 3.05) is 5.32 Å². The molecule has 3 heterocycles. The second-order valence-electron chi connectivity index (χ2n) is 6.36. The molecule has 1 aromatic carbocycles. The molecule has 0 saturated carbocycles. The molecule has 1 saturated heterocycles. The number of hydrogen-bond acceptors (Lipinski definition) is 5. The maximum atomic E-state index is 12.7. The summed E-state index contributed by atoms with van der Waals surface area (Å²) in [5.74, 6) is -0.0909. The molecular weight excluding hydrogens is 391 g/mol. The minimum absolute atomic E-state index is 0.0909. The smallest absolute Gasteiger partial charge is 0.324 e. The lowest BCUT2D eigenvalue weighted by Gasteiger charge is -2.19. The van der Waals surface area contributed by atoms with Gasteiger partial charge in [-0.3, -0.25) is 0 Å². The lowest BCUT2D eigenvalue weighted by molar-refractivity contribution is -0.137. The standard InChI is InChI=1S/C16H13ClF3N3O2S/c17-14-11(16(18,19)20)7-21-15(23-14)22-8-4-5-9-10(6-8)13-3-1-2-12(9)26(13,24)25/h4-7,12-13H,1-3H2,(H,21,22,23). The molecule has 26 heavy (non-hydrogen) atoms. The highest BCUT2D eigenvalue weighted by molar-refractivity contribution is 7.92. The number of alkyl halides is 3. The normalized spacial score (nSPS) is 23.5. The first-order valence-electron chi connectivity index (χ1n) is 7.91. The first-order chi connectivity index (χ1) is 12.2. The average Bonchev–Trinajstić information content (AvgIpc) is 2.67. The highest BCUT2D eigenvalue weighted by Gasteiger charge is 2.47. The van der Waals surface area contributed by atoms with Gasteiger partial charge in [0.15, 0.2) is 9.84 Å². The number of benzene rings is 1. The van der Waals surface area contributed by atoms with Crippen LogP contribution in [0, 0.1) is 0 Å². The molecule has 2 aliphatic heterocycles.